The van der Waals surface area contributed by atoms with Gasteiger partial charge in [-0.2, -0.15) is 5.10 Å². The Morgan fingerprint density at radius 2 is 2.07 bits per heavy atom. The quantitative estimate of drug-likeness (QED) is 0.238. The normalized spacial score (nSPS) is 13.0. The van der Waals surface area contributed by atoms with E-state index in [1.807, 2.05) is 25.3 Å². The average molecular weight is 429 g/mol. The van der Waals surface area contributed by atoms with Crippen LogP contribution in [0.3, 0.4) is 0 Å². The summed E-state index contributed by atoms with van der Waals surface area (Å²) in [4.78, 5) is 14.9. The molecule has 0 spiro atoms. The van der Waals surface area contributed by atoms with E-state index in [9.17, 15) is 15.2 Å². The first-order valence-electron chi connectivity index (χ1n) is 9.94. The Bertz CT molecular complexity index is 1050. The Morgan fingerprint density at radius 3 is 2.73 bits per heavy atom. The first-order chi connectivity index (χ1) is 14.2. The SMILES string of the molecule is Cc1cc(C(CO)c2cc([N+](=O)[O-])ccn2)cc2cn(COCC[Si](C)(C)C)nc12. The molecule has 3 aromatic rings. The van der Waals surface area contributed by atoms with Crippen LogP contribution in [0.25, 0.3) is 10.9 Å². The topological polar surface area (TPSA) is 103 Å². The van der Waals surface area contributed by atoms with Crippen LogP contribution in [0.5, 0.6) is 0 Å². The molecule has 1 N–H and O–H groups in total. The summed E-state index contributed by atoms with van der Waals surface area (Å²) in [5, 5.41) is 26.6. The number of rotatable bonds is 9. The molecular formula is C21H28N4O4Si. The van der Waals surface area contributed by atoms with E-state index in [1.54, 1.807) is 4.68 Å². The van der Waals surface area contributed by atoms with Crippen LogP contribution < -0.4 is 0 Å². The van der Waals surface area contributed by atoms with Crippen molar-refractivity contribution in [1.29, 1.82) is 0 Å². The van der Waals surface area contributed by atoms with Crippen LogP contribution in [-0.4, -0.2) is 46.1 Å². The summed E-state index contributed by atoms with van der Waals surface area (Å²) in [5.74, 6) is -0.454. The van der Waals surface area contributed by atoms with Crippen LogP contribution in [-0.2, 0) is 11.5 Å². The number of aliphatic hydroxyl groups is 1. The molecule has 30 heavy (non-hydrogen) atoms. The summed E-state index contributed by atoms with van der Waals surface area (Å²) in [6, 6.07) is 7.77. The highest BCUT2D eigenvalue weighted by Crippen LogP contribution is 2.29. The molecule has 1 unspecified atom stereocenters. The van der Waals surface area contributed by atoms with Crippen LogP contribution >= 0.6 is 0 Å². The molecule has 0 saturated heterocycles. The van der Waals surface area contributed by atoms with Gasteiger partial charge in [0.05, 0.1) is 22.7 Å². The number of ether oxygens (including phenoxy) is 1. The Labute approximate surface area is 176 Å². The summed E-state index contributed by atoms with van der Waals surface area (Å²) < 4.78 is 7.57. The van der Waals surface area contributed by atoms with E-state index in [4.69, 9.17) is 4.74 Å². The van der Waals surface area contributed by atoms with E-state index in [-0.39, 0.29) is 12.3 Å². The van der Waals surface area contributed by atoms with Gasteiger partial charge < -0.3 is 9.84 Å². The van der Waals surface area contributed by atoms with Gasteiger partial charge in [0.2, 0.25) is 0 Å². The van der Waals surface area contributed by atoms with E-state index in [0.29, 0.717) is 12.4 Å². The average Bonchev–Trinajstić information content (AvgIpc) is 3.09. The van der Waals surface area contributed by atoms with Crippen LogP contribution in [0.4, 0.5) is 5.69 Å². The molecule has 1 atom stereocenters. The number of hydrogen-bond donors (Lipinski definition) is 1. The highest BCUT2D eigenvalue weighted by atomic mass is 28.3. The molecule has 0 fully saturated rings. The molecule has 2 heterocycles. The lowest BCUT2D eigenvalue weighted by Crippen LogP contribution is -2.22. The van der Waals surface area contributed by atoms with Gasteiger partial charge in [0, 0.05) is 50.5 Å². The standard InChI is InChI=1S/C21H28N4O4Si/c1-15-9-16(19(13-26)20-11-18(25(27)28)5-6-22-20)10-17-12-24(23-21(15)17)14-29-7-8-30(2,3)4/h5-6,9-12,19,26H,7-8,13-14H2,1-4H3. The number of pyridine rings is 1. The molecule has 2 aromatic heterocycles. The van der Waals surface area contributed by atoms with Crippen molar-refractivity contribution in [2.45, 2.75) is 45.3 Å². The molecule has 0 amide bonds. The number of hydrogen-bond acceptors (Lipinski definition) is 6. The number of aliphatic hydroxyl groups excluding tert-OH is 1. The van der Waals surface area contributed by atoms with Gasteiger partial charge >= 0.3 is 0 Å². The Balaban J connectivity index is 1.84. The fraction of sp³-hybridized carbons (Fsp3) is 0.429. The van der Waals surface area contributed by atoms with Gasteiger partial charge in [-0.1, -0.05) is 25.7 Å². The fourth-order valence-corrected chi connectivity index (χ4v) is 4.06. The number of nitrogens with zero attached hydrogens (tertiary/aromatic N) is 4. The van der Waals surface area contributed by atoms with Crippen molar-refractivity contribution in [3.05, 3.63) is 63.6 Å². The summed E-state index contributed by atoms with van der Waals surface area (Å²) in [7, 11) is -1.13. The summed E-state index contributed by atoms with van der Waals surface area (Å²) in [6.45, 7) is 9.83. The van der Waals surface area contributed by atoms with Crippen molar-refractivity contribution in [2.75, 3.05) is 13.2 Å². The maximum absolute atomic E-state index is 11.1. The van der Waals surface area contributed by atoms with Crippen molar-refractivity contribution in [2.24, 2.45) is 0 Å². The third-order valence-corrected chi connectivity index (χ3v) is 6.71. The van der Waals surface area contributed by atoms with Gasteiger partial charge in [-0.25, -0.2) is 4.68 Å². The Kier molecular flexibility index (Phi) is 6.64. The van der Waals surface area contributed by atoms with Crippen molar-refractivity contribution in [1.82, 2.24) is 14.8 Å². The molecule has 0 radical (unpaired) electrons. The molecule has 160 valence electrons. The number of benzene rings is 1. The van der Waals surface area contributed by atoms with Crippen LogP contribution in [0.2, 0.25) is 25.7 Å². The highest BCUT2D eigenvalue weighted by Gasteiger charge is 2.20. The summed E-state index contributed by atoms with van der Waals surface area (Å²) >= 11 is 0. The van der Waals surface area contributed by atoms with Crippen molar-refractivity contribution in [3.63, 3.8) is 0 Å². The fourth-order valence-electron chi connectivity index (χ4n) is 3.30. The summed E-state index contributed by atoms with van der Waals surface area (Å²) in [5.41, 5.74) is 3.10. The first-order valence-corrected chi connectivity index (χ1v) is 13.7. The predicted octanol–water partition coefficient (Wildman–Crippen LogP) is 4.08. The minimum atomic E-state index is -1.13. The zero-order valence-corrected chi connectivity index (χ0v) is 18.8. The molecule has 0 aliphatic rings. The molecule has 0 aliphatic carbocycles. The Hall–Kier alpha value is -2.62. The van der Waals surface area contributed by atoms with Gasteiger partial charge in [0.15, 0.2) is 0 Å². The van der Waals surface area contributed by atoms with E-state index >= 15 is 0 Å². The number of aryl methyl sites for hydroxylation is 1. The third-order valence-electron chi connectivity index (χ3n) is 5.01. The lowest BCUT2D eigenvalue weighted by atomic mass is 9.93. The first kappa shape index (κ1) is 22.1. The van der Waals surface area contributed by atoms with E-state index in [1.165, 1.54) is 18.3 Å². The van der Waals surface area contributed by atoms with Crippen LogP contribution in [0, 0.1) is 17.0 Å². The smallest absolute Gasteiger partial charge is 0.272 e. The minimum Gasteiger partial charge on any atom is -0.395 e. The van der Waals surface area contributed by atoms with Gasteiger partial charge in [-0.15, -0.1) is 0 Å². The maximum atomic E-state index is 11.1. The second kappa shape index (κ2) is 9.03. The number of nitro groups is 1. The monoisotopic (exact) mass is 428 g/mol. The number of fused-ring (bicyclic) bond motifs is 1. The summed E-state index contributed by atoms with van der Waals surface area (Å²) in [6.07, 6.45) is 3.33. The molecule has 0 aliphatic heterocycles. The zero-order valence-electron chi connectivity index (χ0n) is 17.8. The van der Waals surface area contributed by atoms with Crippen LogP contribution in [0.1, 0.15) is 22.7 Å². The maximum Gasteiger partial charge on any atom is 0.272 e. The zero-order chi connectivity index (χ0) is 21.9. The van der Waals surface area contributed by atoms with Crippen molar-refractivity contribution in [3.8, 4) is 0 Å². The molecular weight excluding hydrogens is 400 g/mol. The van der Waals surface area contributed by atoms with E-state index in [0.717, 1.165) is 34.7 Å². The van der Waals surface area contributed by atoms with Crippen LogP contribution in [0.15, 0.2) is 36.7 Å². The van der Waals surface area contributed by atoms with Gasteiger partial charge in [0.25, 0.3) is 5.69 Å². The van der Waals surface area contributed by atoms with E-state index < -0.39 is 18.9 Å². The molecule has 0 saturated carbocycles. The second-order valence-corrected chi connectivity index (χ2v) is 14.3. The van der Waals surface area contributed by atoms with Crippen molar-refractivity contribution < 1.29 is 14.8 Å². The van der Waals surface area contributed by atoms with Gasteiger partial charge in [-0.05, 0) is 30.2 Å². The lowest BCUT2D eigenvalue weighted by Gasteiger charge is -2.15. The van der Waals surface area contributed by atoms with Gasteiger partial charge in [0.1, 0.15) is 6.73 Å². The third kappa shape index (κ3) is 5.29. The molecule has 1 aromatic carbocycles. The van der Waals surface area contributed by atoms with Crippen molar-refractivity contribution >= 4 is 24.7 Å². The molecule has 9 heteroatoms. The second-order valence-electron chi connectivity index (χ2n) is 8.72. The highest BCUT2D eigenvalue weighted by molar-refractivity contribution is 6.76. The lowest BCUT2D eigenvalue weighted by molar-refractivity contribution is -0.385. The molecule has 0 bridgehead atoms. The van der Waals surface area contributed by atoms with Gasteiger partial charge in [-0.3, -0.25) is 15.1 Å². The largest absolute Gasteiger partial charge is 0.395 e. The molecule has 8 nitrogen and oxygen atoms in total. The minimum absolute atomic E-state index is 0.0421. The molecule has 3 rings (SSSR count). The number of aromatic nitrogens is 3. The predicted molar refractivity (Wildman–Crippen MR) is 118 cm³/mol. The Morgan fingerprint density at radius 1 is 1.30 bits per heavy atom. The van der Waals surface area contributed by atoms with E-state index in [2.05, 4.69) is 29.7 Å².